The lowest BCUT2D eigenvalue weighted by molar-refractivity contribution is -0.121. The molecule has 1 amide bonds. The third-order valence-corrected chi connectivity index (χ3v) is 5.45. The van der Waals surface area contributed by atoms with Crippen molar-refractivity contribution >= 4 is 39.2 Å². The number of carbonyl (C=O) groups is 1. The smallest absolute Gasteiger partial charge is 0.233 e. The standard InChI is InChI=1S/C16H23N3OS2/c1-8-9(2)21-14-12(8)15(18-11(4)17-14)22-10(3)13(20)19-16(5,6)7/h10H,1-7H3,(H,19,20)/t10-/m0/s1. The summed E-state index contributed by atoms with van der Waals surface area (Å²) in [6.07, 6.45) is 0. The molecule has 0 radical (unpaired) electrons. The number of nitrogens with one attached hydrogen (secondary N) is 1. The lowest BCUT2D eigenvalue weighted by atomic mass is 10.1. The third-order valence-electron chi connectivity index (χ3n) is 3.26. The van der Waals surface area contributed by atoms with Gasteiger partial charge in [-0.05, 0) is 54.0 Å². The average Bonchev–Trinajstić information content (AvgIpc) is 2.62. The molecule has 0 aliphatic heterocycles. The highest BCUT2D eigenvalue weighted by atomic mass is 32.2. The zero-order chi connectivity index (χ0) is 16.7. The normalized spacial score (nSPS) is 13.4. The van der Waals surface area contributed by atoms with Crippen molar-refractivity contribution in [2.75, 3.05) is 0 Å². The van der Waals surface area contributed by atoms with Crippen LogP contribution in [-0.2, 0) is 4.79 Å². The van der Waals surface area contributed by atoms with E-state index in [1.807, 2.05) is 34.6 Å². The summed E-state index contributed by atoms with van der Waals surface area (Å²) in [6, 6.07) is 0. The van der Waals surface area contributed by atoms with Crippen LogP contribution in [0.5, 0.6) is 0 Å². The van der Waals surface area contributed by atoms with Crippen LogP contribution in [0, 0.1) is 20.8 Å². The highest BCUT2D eigenvalue weighted by molar-refractivity contribution is 8.00. The maximum atomic E-state index is 12.3. The zero-order valence-corrected chi connectivity index (χ0v) is 15.8. The van der Waals surface area contributed by atoms with Crippen LogP contribution >= 0.6 is 23.1 Å². The Morgan fingerprint density at radius 3 is 2.45 bits per heavy atom. The van der Waals surface area contributed by atoms with Crippen LogP contribution in [0.4, 0.5) is 0 Å². The van der Waals surface area contributed by atoms with Gasteiger partial charge in [0.15, 0.2) is 0 Å². The van der Waals surface area contributed by atoms with Crippen LogP contribution in [0.15, 0.2) is 5.03 Å². The minimum absolute atomic E-state index is 0.0338. The topological polar surface area (TPSA) is 54.9 Å². The summed E-state index contributed by atoms with van der Waals surface area (Å²) < 4.78 is 0. The van der Waals surface area contributed by atoms with Gasteiger partial charge in [0, 0.05) is 15.8 Å². The Labute approximate surface area is 140 Å². The van der Waals surface area contributed by atoms with Crippen LogP contribution in [0.2, 0.25) is 0 Å². The quantitative estimate of drug-likeness (QED) is 0.679. The zero-order valence-electron chi connectivity index (χ0n) is 14.2. The number of thiophene rings is 1. The Morgan fingerprint density at radius 2 is 1.86 bits per heavy atom. The molecule has 0 fully saturated rings. The van der Waals surface area contributed by atoms with Crippen molar-refractivity contribution in [3.63, 3.8) is 0 Å². The number of aryl methyl sites for hydroxylation is 3. The summed E-state index contributed by atoms with van der Waals surface area (Å²) in [5, 5.41) is 4.82. The van der Waals surface area contributed by atoms with Gasteiger partial charge in [-0.3, -0.25) is 4.79 Å². The summed E-state index contributed by atoms with van der Waals surface area (Å²) in [5.41, 5.74) is 0.989. The van der Waals surface area contributed by atoms with Crippen LogP contribution in [-0.4, -0.2) is 26.7 Å². The van der Waals surface area contributed by atoms with Gasteiger partial charge in [-0.15, -0.1) is 11.3 Å². The van der Waals surface area contributed by atoms with E-state index in [9.17, 15) is 4.79 Å². The fraction of sp³-hybridized carbons (Fsp3) is 0.562. The molecule has 4 nitrogen and oxygen atoms in total. The molecule has 6 heteroatoms. The van der Waals surface area contributed by atoms with Crippen molar-refractivity contribution in [3.05, 3.63) is 16.3 Å². The van der Waals surface area contributed by atoms with Crippen LogP contribution in [0.3, 0.4) is 0 Å². The van der Waals surface area contributed by atoms with Crippen molar-refractivity contribution in [3.8, 4) is 0 Å². The minimum Gasteiger partial charge on any atom is -0.351 e. The Hall–Kier alpha value is -1.14. The number of hydrogen-bond acceptors (Lipinski definition) is 5. The van der Waals surface area contributed by atoms with E-state index in [1.54, 1.807) is 11.3 Å². The van der Waals surface area contributed by atoms with Gasteiger partial charge in [0.2, 0.25) is 5.91 Å². The van der Waals surface area contributed by atoms with Crippen molar-refractivity contribution in [2.45, 2.75) is 64.3 Å². The minimum atomic E-state index is -0.225. The first-order valence-electron chi connectivity index (χ1n) is 7.31. The first-order chi connectivity index (χ1) is 10.1. The molecule has 22 heavy (non-hydrogen) atoms. The second-order valence-electron chi connectivity index (χ2n) is 6.54. The van der Waals surface area contributed by atoms with Crippen molar-refractivity contribution < 1.29 is 4.79 Å². The molecule has 2 aromatic heterocycles. The molecule has 120 valence electrons. The van der Waals surface area contributed by atoms with E-state index in [0.29, 0.717) is 0 Å². The van der Waals surface area contributed by atoms with Crippen LogP contribution < -0.4 is 5.32 Å². The molecule has 2 aromatic rings. The molecule has 0 unspecified atom stereocenters. The Balaban J connectivity index is 2.33. The Bertz CT molecular complexity index is 716. The second kappa shape index (κ2) is 6.16. The molecule has 0 aliphatic carbocycles. The SMILES string of the molecule is Cc1nc(S[C@@H](C)C(=O)NC(C)(C)C)c2c(C)c(C)sc2n1. The number of amides is 1. The maximum absolute atomic E-state index is 12.3. The Morgan fingerprint density at radius 1 is 1.23 bits per heavy atom. The highest BCUT2D eigenvalue weighted by Gasteiger charge is 2.23. The molecule has 0 aromatic carbocycles. The molecule has 0 bridgehead atoms. The molecule has 0 aliphatic rings. The number of aromatic nitrogens is 2. The highest BCUT2D eigenvalue weighted by Crippen LogP contribution is 2.36. The summed E-state index contributed by atoms with van der Waals surface area (Å²) in [7, 11) is 0. The van der Waals surface area contributed by atoms with Gasteiger partial charge in [-0.25, -0.2) is 9.97 Å². The molecule has 2 rings (SSSR count). The molecular formula is C16H23N3OS2. The van der Waals surface area contributed by atoms with Crippen LogP contribution in [0.1, 0.15) is 44.0 Å². The van der Waals surface area contributed by atoms with E-state index in [2.05, 4.69) is 29.1 Å². The van der Waals surface area contributed by atoms with Gasteiger partial charge in [0.25, 0.3) is 0 Å². The molecule has 2 heterocycles. The maximum Gasteiger partial charge on any atom is 0.233 e. The first kappa shape index (κ1) is 17.2. The van der Waals surface area contributed by atoms with Crippen LogP contribution in [0.25, 0.3) is 10.2 Å². The monoisotopic (exact) mass is 337 g/mol. The number of nitrogens with zero attached hydrogens (tertiary/aromatic N) is 2. The Kier molecular flexibility index (Phi) is 4.82. The second-order valence-corrected chi connectivity index (χ2v) is 9.07. The van der Waals surface area contributed by atoms with Gasteiger partial charge in [-0.1, -0.05) is 11.8 Å². The number of carbonyl (C=O) groups excluding carboxylic acids is 1. The number of rotatable bonds is 3. The predicted molar refractivity (Wildman–Crippen MR) is 94.8 cm³/mol. The number of thioether (sulfide) groups is 1. The molecule has 0 saturated carbocycles. The van der Waals surface area contributed by atoms with Gasteiger partial charge >= 0.3 is 0 Å². The molecule has 1 atom stereocenters. The third kappa shape index (κ3) is 3.79. The van der Waals surface area contributed by atoms with E-state index in [-0.39, 0.29) is 16.7 Å². The van der Waals surface area contributed by atoms with E-state index in [0.717, 1.165) is 21.1 Å². The summed E-state index contributed by atoms with van der Waals surface area (Å²) >= 11 is 3.19. The lowest BCUT2D eigenvalue weighted by Crippen LogP contribution is -2.44. The molecule has 0 spiro atoms. The largest absolute Gasteiger partial charge is 0.351 e. The van der Waals surface area contributed by atoms with Crippen molar-refractivity contribution in [1.29, 1.82) is 0 Å². The van der Waals surface area contributed by atoms with E-state index < -0.39 is 0 Å². The van der Waals surface area contributed by atoms with Crippen molar-refractivity contribution in [1.82, 2.24) is 15.3 Å². The number of hydrogen-bond donors (Lipinski definition) is 1. The van der Waals surface area contributed by atoms with Gasteiger partial charge < -0.3 is 5.32 Å². The van der Waals surface area contributed by atoms with E-state index >= 15 is 0 Å². The fourth-order valence-corrected chi connectivity index (χ4v) is 4.28. The summed E-state index contributed by atoms with van der Waals surface area (Å²) in [5.74, 6) is 0.784. The van der Waals surface area contributed by atoms with Gasteiger partial charge in [0.1, 0.15) is 15.7 Å². The van der Waals surface area contributed by atoms with Gasteiger partial charge in [0.05, 0.1) is 5.25 Å². The van der Waals surface area contributed by atoms with Gasteiger partial charge in [-0.2, -0.15) is 0 Å². The lowest BCUT2D eigenvalue weighted by Gasteiger charge is -2.23. The molecular weight excluding hydrogens is 314 g/mol. The van der Waals surface area contributed by atoms with E-state index in [1.165, 1.54) is 22.2 Å². The predicted octanol–water partition coefficient (Wildman–Crippen LogP) is 4.01. The number of fused-ring (bicyclic) bond motifs is 1. The average molecular weight is 338 g/mol. The summed E-state index contributed by atoms with van der Waals surface area (Å²) in [6.45, 7) is 14.0. The van der Waals surface area contributed by atoms with Crippen molar-refractivity contribution in [2.24, 2.45) is 0 Å². The molecule has 1 N–H and O–H groups in total. The fourth-order valence-electron chi connectivity index (χ4n) is 2.09. The molecule has 0 saturated heterocycles. The summed E-state index contributed by atoms with van der Waals surface area (Å²) in [4.78, 5) is 23.7. The first-order valence-corrected chi connectivity index (χ1v) is 9.01. The van der Waals surface area contributed by atoms with E-state index in [4.69, 9.17) is 0 Å².